The lowest BCUT2D eigenvalue weighted by atomic mass is 10.1. The number of anilines is 1. The van der Waals surface area contributed by atoms with E-state index in [9.17, 15) is 4.39 Å². The van der Waals surface area contributed by atoms with E-state index < -0.39 is 5.82 Å². The minimum Gasteiger partial charge on any atom is -0.494 e. The minimum absolute atomic E-state index is 0.194. The number of benzene rings is 2. The lowest BCUT2D eigenvalue weighted by molar-refractivity contribution is 0.386. The lowest BCUT2D eigenvalue weighted by Crippen LogP contribution is -1.94. The van der Waals surface area contributed by atoms with E-state index in [1.54, 1.807) is 23.0 Å². The van der Waals surface area contributed by atoms with Crippen molar-refractivity contribution in [2.75, 3.05) is 12.8 Å². The molecule has 0 spiro atoms. The van der Waals surface area contributed by atoms with E-state index in [1.807, 2.05) is 30.3 Å². The van der Waals surface area contributed by atoms with Crippen LogP contribution in [0.5, 0.6) is 5.75 Å². The molecule has 0 amide bonds. The van der Waals surface area contributed by atoms with E-state index in [4.69, 9.17) is 10.5 Å². The molecule has 5 heteroatoms. The molecule has 0 radical (unpaired) electrons. The Morgan fingerprint density at radius 2 is 1.90 bits per heavy atom. The van der Waals surface area contributed by atoms with E-state index in [2.05, 4.69) is 5.10 Å². The number of hydrogen-bond acceptors (Lipinski definition) is 3. The Kier molecular flexibility index (Phi) is 3.31. The Balaban J connectivity index is 2.04. The number of methoxy groups -OCH3 is 1. The molecule has 0 bridgehead atoms. The monoisotopic (exact) mass is 283 g/mol. The van der Waals surface area contributed by atoms with Gasteiger partial charge in [0.15, 0.2) is 11.6 Å². The van der Waals surface area contributed by atoms with E-state index in [0.717, 1.165) is 5.69 Å². The number of nitrogens with two attached hydrogens (primary N) is 1. The number of ether oxygens (including phenoxy) is 1. The van der Waals surface area contributed by atoms with E-state index in [0.29, 0.717) is 16.9 Å². The maximum atomic E-state index is 13.8. The highest BCUT2D eigenvalue weighted by Crippen LogP contribution is 2.29. The van der Waals surface area contributed by atoms with Crippen LogP contribution in [0.15, 0.2) is 54.7 Å². The number of para-hydroxylation sites is 1. The summed E-state index contributed by atoms with van der Waals surface area (Å²) in [7, 11) is 1.43. The molecule has 1 heterocycles. The summed E-state index contributed by atoms with van der Waals surface area (Å²) in [5.41, 5.74) is 8.53. The van der Waals surface area contributed by atoms with E-state index in [1.165, 1.54) is 13.2 Å². The van der Waals surface area contributed by atoms with Crippen LogP contribution in [-0.4, -0.2) is 16.9 Å². The van der Waals surface area contributed by atoms with Crippen LogP contribution >= 0.6 is 0 Å². The Hall–Kier alpha value is -2.82. The SMILES string of the molecule is COc1ccc(-c2nn(-c3ccccc3)cc2N)cc1F. The molecular formula is C16H14FN3O. The van der Waals surface area contributed by atoms with E-state index in [-0.39, 0.29) is 5.75 Å². The zero-order valence-electron chi connectivity index (χ0n) is 11.5. The second-order valence-corrected chi connectivity index (χ2v) is 4.56. The molecular weight excluding hydrogens is 269 g/mol. The van der Waals surface area contributed by atoms with Crippen LogP contribution in [0.3, 0.4) is 0 Å². The van der Waals surface area contributed by atoms with Gasteiger partial charge in [0.25, 0.3) is 0 Å². The first-order valence-corrected chi connectivity index (χ1v) is 6.43. The Bertz CT molecular complexity index is 768. The van der Waals surface area contributed by atoms with Crippen molar-refractivity contribution >= 4 is 5.69 Å². The second kappa shape index (κ2) is 5.28. The average Bonchev–Trinajstić information content (AvgIpc) is 2.90. The van der Waals surface area contributed by atoms with Crippen LogP contribution in [0.2, 0.25) is 0 Å². The largest absolute Gasteiger partial charge is 0.494 e. The number of aromatic nitrogens is 2. The van der Waals surface area contributed by atoms with Crippen molar-refractivity contribution in [1.29, 1.82) is 0 Å². The van der Waals surface area contributed by atoms with Gasteiger partial charge in [0, 0.05) is 5.56 Å². The van der Waals surface area contributed by atoms with E-state index >= 15 is 0 Å². The number of rotatable bonds is 3. The molecule has 0 fully saturated rings. The topological polar surface area (TPSA) is 53.1 Å². The first kappa shape index (κ1) is 13.2. The molecule has 0 unspecified atom stereocenters. The Morgan fingerprint density at radius 1 is 1.14 bits per heavy atom. The van der Waals surface area contributed by atoms with Gasteiger partial charge < -0.3 is 10.5 Å². The Labute approximate surface area is 121 Å². The van der Waals surface area contributed by atoms with Crippen molar-refractivity contribution in [3.8, 4) is 22.7 Å². The van der Waals surface area contributed by atoms with Crippen LogP contribution in [0, 0.1) is 5.82 Å². The van der Waals surface area contributed by atoms with Gasteiger partial charge in [-0.2, -0.15) is 5.10 Å². The molecule has 21 heavy (non-hydrogen) atoms. The summed E-state index contributed by atoms with van der Waals surface area (Å²) in [6.07, 6.45) is 1.72. The molecule has 0 aliphatic rings. The third-order valence-corrected chi connectivity index (χ3v) is 3.19. The molecule has 2 aromatic carbocycles. The fraction of sp³-hybridized carbons (Fsp3) is 0.0625. The standard InChI is InChI=1S/C16H14FN3O/c1-21-15-8-7-11(9-13(15)17)16-14(18)10-20(19-16)12-5-3-2-4-6-12/h2-10H,18H2,1H3. The molecule has 3 rings (SSSR count). The molecule has 2 N–H and O–H groups in total. The third-order valence-electron chi connectivity index (χ3n) is 3.19. The predicted molar refractivity (Wildman–Crippen MR) is 79.9 cm³/mol. The molecule has 3 aromatic rings. The maximum Gasteiger partial charge on any atom is 0.165 e. The molecule has 0 saturated heterocycles. The van der Waals surface area contributed by atoms with Crippen molar-refractivity contribution < 1.29 is 9.13 Å². The van der Waals surface area contributed by atoms with Gasteiger partial charge in [0.1, 0.15) is 5.69 Å². The summed E-state index contributed by atoms with van der Waals surface area (Å²) in [6, 6.07) is 14.3. The molecule has 106 valence electrons. The molecule has 4 nitrogen and oxygen atoms in total. The molecule has 1 aromatic heterocycles. The van der Waals surface area contributed by atoms with Gasteiger partial charge in [-0.05, 0) is 30.3 Å². The van der Waals surface area contributed by atoms with Crippen LogP contribution in [0.1, 0.15) is 0 Å². The summed E-state index contributed by atoms with van der Waals surface area (Å²) < 4.78 is 20.4. The van der Waals surface area contributed by atoms with Crippen LogP contribution < -0.4 is 10.5 Å². The second-order valence-electron chi connectivity index (χ2n) is 4.56. The van der Waals surface area contributed by atoms with Gasteiger partial charge >= 0.3 is 0 Å². The van der Waals surface area contributed by atoms with Crippen molar-refractivity contribution in [2.24, 2.45) is 0 Å². The molecule has 0 aliphatic heterocycles. The number of hydrogen-bond donors (Lipinski definition) is 1. The minimum atomic E-state index is -0.441. The van der Waals surface area contributed by atoms with Gasteiger partial charge in [-0.3, -0.25) is 0 Å². The highest BCUT2D eigenvalue weighted by Gasteiger charge is 2.12. The number of nitrogen functional groups attached to an aromatic ring is 1. The average molecular weight is 283 g/mol. The molecule has 0 aliphatic carbocycles. The first-order valence-electron chi connectivity index (χ1n) is 6.43. The summed E-state index contributed by atoms with van der Waals surface area (Å²) in [5.74, 6) is -0.247. The summed E-state index contributed by atoms with van der Waals surface area (Å²) in [5, 5.41) is 4.43. The van der Waals surface area contributed by atoms with Crippen LogP contribution in [0.4, 0.5) is 10.1 Å². The highest BCUT2D eigenvalue weighted by molar-refractivity contribution is 5.73. The van der Waals surface area contributed by atoms with Crippen molar-refractivity contribution in [2.45, 2.75) is 0 Å². The van der Waals surface area contributed by atoms with Gasteiger partial charge in [0.05, 0.1) is 24.7 Å². The van der Waals surface area contributed by atoms with Gasteiger partial charge in [0.2, 0.25) is 0 Å². The smallest absolute Gasteiger partial charge is 0.165 e. The van der Waals surface area contributed by atoms with Crippen molar-refractivity contribution in [1.82, 2.24) is 9.78 Å². The lowest BCUT2D eigenvalue weighted by Gasteiger charge is -2.04. The zero-order valence-corrected chi connectivity index (χ0v) is 11.5. The normalized spacial score (nSPS) is 10.6. The Morgan fingerprint density at radius 3 is 2.57 bits per heavy atom. The summed E-state index contributed by atoms with van der Waals surface area (Å²) in [4.78, 5) is 0. The third kappa shape index (κ3) is 2.45. The fourth-order valence-corrected chi connectivity index (χ4v) is 2.14. The maximum absolute atomic E-state index is 13.8. The predicted octanol–water partition coefficient (Wildman–Crippen LogP) is 3.27. The highest BCUT2D eigenvalue weighted by atomic mass is 19.1. The number of halogens is 1. The fourth-order valence-electron chi connectivity index (χ4n) is 2.14. The van der Waals surface area contributed by atoms with Crippen LogP contribution in [-0.2, 0) is 0 Å². The summed E-state index contributed by atoms with van der Waals surface area (Å²) >= 11 is 0. The number of nitrogens with zero attached hydrogens (tertiary/aromatic N) is 2. The molecule has 0 atom stereocenters. The van der Waals surface area contributed by atoms with Gasteiger partial charge in [-0.1, -0.05) is 18.2 Å². The first-order chi connectivity index (χ1) is 10.2. The van der Waals surface area contributed by atoms with Gasteiger partial charge in [-0.15, -0.1) is 0 Å². The molecule has 0 saturated carbocycles. The summed E-state index contributed by atoms with van der Waals surface area (Å²) in [6.45, 7) is 0. The zero-order chi connectivity index (χ0) is 14.8. The van der Waals surface area contributed by atoms with Crippen molar-refractivity contribution in [3.63, 3.8) is 0 Å². The quantitative estimate of drug-likeness (QED) is 0.802. The van der Waals surface area contributed by atoms with Gasteiger partial charge in [-0.25, -0.2) is 9.07 Å². The van der Waals surface area contributed by atoms with Crippen molar-refractivity contribution in [3.05, 3.63) is 60.5 Å². The van der Waals surface area contributed by atoms with Crippen LogP contribution in [0.25, 0.3) is 16.9 Å².